The highest BCUT2D eigenvalue weighted by Gasteiger charge is 2.21. The van der Waals surface area contributed by atoms with Crippen LogP contribution in [0.3, 0.4) is 0 Å². The van der Waals surface area contributed by atoms with Crippen molar-refractivity contribution in [2.45, 2.75) is 26.4 Å². The van der Waals surface area contributed by atoms with Crippen molar-refractivity contribution in [2.75, 3.05) is 0 Å². The minimum atomic E-state index is -0.630. The highest BCUT2D eigenvalue weighted by Crippen LogP contribution is 2.18. The SMILES string of the molecule is Cc1nn(C(C)C(=O)NCc2cnn(C)c2)cc1[N+](=O)[O-]. The molecule has 2 aromatic rings. The monoisotopic (exact) mass is 292 g/mol. The standard InChI is InChI=1S/C12H16N6O3/c1-8-11(18(20)21)7-17(15-8)9(2)12(19)13-4-10-5-14-16(3)6-10/h5-7,9H,4H2,1-3H3,(H,13,19). The molecular weight excluding hydrogens is 276 g/mol. The van der Waals surface area contributed by atoms with Crippen LogP contribution in [0.15, 0.2) is 18.6 Å². The number of rotatable bonds is 5. The molecule has 9 heteroatoms. The van der Waals surface area contributed by atoms with Crippen LogP contribution in [0.2, 0.25) is 0 Å². The van der Waals surface area contributed by atoms with E-state index in [9.17, 15) is 14.9 Å². The van der Waals surface area contributed by atoms with E-state index in [1.807, 2.05) is 0 Å². The summed E-state index contributed by atoms with van der Waals surface area (Å²) in [6.45, 7) is 3.52. The van der Waals surface area contributed by atoms with Gasteiger partial charge in [-0.15, -0.1) is 0 Å². The van der Waals surface area contributed by atoms with Gasteiger partial charge < -0.3 is 5.32 Å². The molecule has 1 N–H and O–H groups in total. The van der Waals surface area contributed by atoms with Crippen LogP contribution in [0.1, 0.15) is 24.2 Å². The number of amides is 1. The van der Waals surface area contributed by atoms with Crippen molar-refractivity contribution in [3.8, 4) is 0 Å². The fourth-order valence-electron chi connectivity index (χ4n) is 1.87. The number of hydrogen-bond donors (Lipinski definition) is 1. The lowest BCUT2D eigenvalue weighted by Gasteiger charge is -2.11. The number of aryl methyl sites for hydroxylation is 2. The van der Waals surface area contributed by atoms with E-state index in [-0.39, 0.29) is 17.3 Å². The normalized spacial score (nSPS) is 12.1. The Morgan fingerprint density at radius 1 is 1.52 bits per heavy atom. The van der Waals surface area contributed by atoms with E-state index >= 15 is 0 Å². The van der Waals surface area contributed by atoms with Gasteiger partial charge >= 0.3 is 5.69 Å². The third-order valence-corrected chi connectivity index (χ3v) is 3.09. The Morgan fingerprint density at radius 3 is 2.76 bits per heavy atom. The van der Waals surface area contributed by atoms with Crippen LogP contribution in [0.25, 0.3) is 0 Å². The molecule has 0 aliphatic heterocycles. The largest absolute Gasteiger partial charge is 0.350 e. The van der Waals surface area contributed by atoms with E-state index in [1.165, 1.54) is 17.8 Å². The molecule has 0 aromatic carbocycles. The van der Waals surface area contributed by atoms with Gasteiger partial charge in [-0.1, -0.05) is 0 Å². The maximum Gasteiger partial charge on any atom is 0.309 e. The lowest BCUT2D eigenvalue weighted by atomic mass is 10.3. The number of nitrogens with one attached hydrogen (secondary N) is 1. The van der Waals surface area contributed by atoms with E-state index < -0.39 is 11.0 Å². The van der Waals surface area contributed by atoms with Crippen LogP contribution in [0, 0.1) is 17.0 Å². The number of nitro groups is 1. The highest BCUT2D eigenvalue weighted by atomic mass is 16.6. The zero-order chi connectivity index (χ0) is 15.6. The summed E-state index contributed by atoms with van der Waals surface area (Å²) in [6, 6.07) is -0.630. The Hall–Kier alpha value is -2.71. The first-order valence-corrected chi connectivity index (χ1v) is 6.34. The lowest BCUT2D eigenvalue weighted by Crippen LogP contribution is -2.30. The molecule has 21 heavy (non-hydrogen) atoms. The molecular formula is C12H16N6O3. The molecule has 112 valence electrons. The van der Waals surface area contributed by atoms with Crippen molar-refractivity contribution in [1.82, 2.24) is 24.9 Å². The number of carbonyl (C=O) groups excluding carboxylic acids is 1. The van der Waals surface area contributed by atoms with Crippen LogP contribution in [-0.2, 0) is 18.4 Å². The van der Waals surface area contributed by atoms with Crippen LogP contribution in [0.5, 0.6) is 0 Å². The van der Waals surface area contributed by atoms with Crippen LogP contribution in [0.4, 0.5) is 5.69 Å². The molecule has 0 spiro atoms. The summed E-state index contributed by atoms with van der Waals surface area (Å²) >= 11 is 0. The maximum absolute atomic E-state index is 12.0. The first-order valence-electron chi connectivity index (χ1n) is 6.34. The van der Waals surface area contributed by atoms with Crippen molar-refractivity contribution in [3.63, 3.8) is 0 Å². The summed E-state index contributed by atoms with van der Waals surface area (Å²) in [5.41, 5.74) is 1.06. The van der Waals surface area contributed by atoms with E-state index in [0.717, 1.165) is 5.56 Å². The summed E-state index contributed by atoms with van der Waals surface area (Å²) < 4.78 is 2.94. The maximum atomic E-state index is 12.0. The molecule has 0 saturated heterocycles. The lowest BCUT2D eigenvalue weighted by molar-refractivity contribution is -0.385. The molecule has 9 nitrogen and oxygen atoms in total. The Labute approximate surface area is 120 Å². The molecule has 0 bridgehead atoms. The van der Waals surface area contributed by atoms with Gasteiger partial charge in [-0.2, -0.15) is 10.2 Å². The zero-order valence-electron chi connectivity index (χ0n) is 12.0. The molecule has 2 aromatic heterocycles. The number of hydrogen-bond acceptors (Lipinski definition) is 5. The number of carbonyl (C=O) groups is 1. The Balaban J connectivity index is 2.02. The number of nitrogens with zero attached hydrogens (tertiary/aromatic N) is 5. The first-order chi connectivity index (χ1) is 9.88. The van der Waals surface area contributed by atoms with Gasteiger partial charge in [0.05, 0.1) is 11.1 Å². The minimum Gasteiger partial charge on any atom is -0.350 e. The molecule has 1 atom stereocenters. The van der Waals surface area contributed by atoms with Crippen LogP contribution >= 0.6 is 0 Å². The number of aromatic nitrogens is 4. The van der Waals surface area contributed by atoms with E-state index in [2.05, 4.69) is 15.5 Å². The van der Waals surface area contributed by atoms with Crippen molar-refractivity contribution in [2.24, 2.45) is 7.05 Å². The smallest absolute Gasteiger partial charge is 0.309 e. The summed E-state index contributed by atoms with van der Waals surface area (Å²) in [5.74, 6) is -0.267. The molecule has 1 amide bonds. The second-order valence-electron chi connectivity index (χ2n) is 4.75. The fraction of sp³-hybridized carbons (Fsp3) is 0.417. The summed E-state index contributed by atoms with van der Waals surface area (Å²) in [7, 11) is 1.79. The molecule has 2 heterocycles. The summed E-state index contributed by atoms with van der Waals surface area (Å²) in [4.78, 5) is 22.3. The van der Waals surface area contributed by atoms with Crippen molar-refractivity contribution < 1.29 is 9.72 Å². The molecule has 0 radical (unpaired) electrons. The van der Waals surface area contributed by atoms with Gasteiger partial charge in [0, 0.05) is 25.4 Å². The molecule has 0 aliphatic carbocycles. The second kappa shape index (κ2) is 5.73. The topological polar surface area (TPSA) is 108 Å². The van der Waals surface area contributed by atoms with Gasteiger partial charge in [0.25, 0.3) is 0 Å². The summed E-state index contributed by atoms with van der Waals surface area (Å²) in [6.07, 6.45) is 4.73. The van der Waals surface area contributed by atoms with E-state index in [4.69, 9.17) is 0 Å². The quantitative estimate of drug-likeness (QED) is 0.645. The van der Waals surface area contributed by atoms with Crippen molar-refractivity contribution in [1.29, 1.82) is 0 Å². The Morgan fingerprint density at radius 2 is 2.24 bits per heavy atom. The summed E-state index contributed by atoms with van der Waals surface area (Å²) in [5, 5.41) is 21.5. The van der Waals surface area contributed by atoms with Gasteiger partial charge in [0.1, 0.15) is 17.9 Å². The van der Waals surface area contributed by atoms with E-state index in [0.29, 0.717) is 6.54 Å². The molecule has 0 saturated carbocycles. The fourth-order valence-corrected chi connectivity index (χ4v) is 1.87. The third kappa shape index (κ3) is 3.25. The first kappa shape index (κ1) is 14.7. The van der Waals surface area contributed by atoms with Gasteiger partial charge in [0.2, 0.25) is 5.91 Å². The predicted molar refractivity (Wildman–Crippen MR) is 73.4 cm³/mol. The minimum absolute atomic E-state index is 0.0955. The van der Waals surface area contributed by atoms with Gasteiger partial charge in [0.15, 0.2) is 0 Å². The van der Waals surface area contributed by atoms with Gasteiger partial charge in [-0.25, -0.2) is 0 Å². The predicted octanol–water partition coefficient (Wildman–Crippen LogP) is 0.711. The highest BCUT2D eigenvalue weighted by molar-refractivity contribution is 5.79. The average Bonchev–Trinajstić information content (AvgIpc) is 3.01. The zero-order valence-corrected chi connectivity index (χ0v) is 12.0. The van der Waals surface area contributed by atoms with Crippen LogP contribution < -0.4 is 5.32 Å². The molecule has 1 unspecified atom stereocenters. The Kier molecular flexibility index (Phi) is 4.01. The Bertz CT molecular complexity index is 674. The van der Waals surface area contributed by atoms with E-state index in [1.54, 1.807) is 31.0 Å². The second-order valence-corrected chi connectivity index (χ2v) is 4.75. The van der Waals surface area contributed by atoms with Gasteiger partial charge in [-0.05, 0) is 13.8 Å². The molecule has 0 fully saturated rings. The van der Waals surface area contributed by atoms with Gasteiger partial charge in [-0.3, -0.25) is 24.3 Å². The van der Waals surface area contributed by atoms with Crippen molar-refractivity contribution >= 4 is 11.6 Å². The molecule has 2 rings (SSSR count). The average molecular weight is 292 g/mol. The molecule has 0 aliphatic rings. The third-order valence-electron chi connectivity index (χ3n) is 3.09. The van der Waals surface area contributed by atoms with Crippen LogP contribution in [-0.4, -0.2) is 30.4 Å². The van der Waals surface area contributed by atoms with Crippen molar-refractivity contribution in [3.05, 3.63) is 40.0 Å².